The highest BCUT2D eigenvalue weighted by Crippen LogP contribution is 2.36. The van der Waals surface area contributed by atoms with Crippen molar-refractivity contribution in [3.63, 3.8) is 0 Å². The van der Waals surface area contributed by atoms with E-state index in [-0.39, 0.29) is 17.0 Å². The predicted molar refractivity (Wildman–Crippen MR) is 139 cm³/mol. The van der Waals surface area contributed by atoms with Crippen molar-refractivity contribution < 1.29 is 9.18 Å². The van der Waals surface area contributed by atoms with Gasteiger partial charge in [0, 0.05) is 39.0 Å². The Balaban J connectivity index is 1.28. The van der Waals surface area contributed by atoms with Crippen LogP contribution in [0.25, 0.3) is 55.0 Å². The number of nitrogens with zero attached hydrogens (tertiary/aromatic N) is 3. The molecule has 1 aromatic carbocycles. The summed E-state index contributed by atoms with van der Waals surface area (Å²) in [4.78, 5) is 25.7. The van der Waals surface area contributed by atoms with Gasteiger partial charge in [-0.05, 0) is 55.3 Å². The predicted octanol–water partition coefficient (Wildman–Crippen LogP) is 6.38. The summed E-state index contributed by atoms with van der Waals surface area (Å²) in [6.45, 7) is 0. The van der Waals surface area contributed by atoms with Crippen molar-refractivity contribution in [1.29, 1.82) is 0 Å². The molecule has 7 nitrogen and oxygen atoms in total. The van der Waals surface area contributed by atoms with Crippen LogP contribution in [-0.4, -0.2) is 31.1 Å². The summed E-state index contributed by atoms with van der Waals surface area (Å²) in [5.41, 5.74) is 7.12. The normalized spacial score (nSPS) is 13.5. The number of aromatic amines is 2. The van der Waals surface area contributed by atoms with E-state index in [2.05, 4.69) is 25.5 Å². The van der Waals surface area contributed by atoms with E-state index in [1.54, 1.807) is 18.5 Å². The third kappa shape index (κ3) is 3.64. The Labute approximate surface area is 208 Å². The average molecular weight is 495 g/mol. The first-order valence-electron chi connectivity index (χ1n) is 11.6. The monoisotopic (exact) mass is 494 g/mol. The van der Waals surface area contributed by atoms with E-state index in [0.29, 0.717) is 11.4 Å². The van der Waals surface area contributed by atoms with Gasteiger partial charge in [-0.15, -0.1) is 11.3 Å². The first kappa shape index (κ1) is 21.0. The van der Waals surface area contributed by atoms with Gasteiger partial charge in [0.2, 0.25) is 5.91 Å². The van der Waals surface area contributed by atoms with E-state index >= 15 is 0 Å². The maximum Gasteiger partial charge on any atom is 0.227 e. The topological polar surface area (TPSA) is 99.4 Å². The lowest BCUT2D eigenvalue weighted by Crippen LogP contribution is -2.13. The number of carbonyl (C=O) groups is 1. The van der Waals surface area contributed by atoms with Gasteiger partial charge >= 0.3 is 0 Å². The highest BCUT2D eigenvalue weighted by molar-refractivity contribution is 7.14. The Hall–Kier alpha value is -4.37. The Morgan fingerprint density at radius 2 is 1.97 bits per heavy atom. The second-order valence-corrected chi connectivity index (χ2v) is 9.98. The molecule has 1 aliphatic carbocycles. The zero-order valence-corrected chi connectivity index (χ0v) is 19.7. The molecule has 0 unspecified atom stereocenters. The molecule has 3 N–H and O–H groups in total. The molecule has 9 heteroatoms. The summed E-state index contributed by atoms with van der Waals surface area (Å²) in [6.07, 6.45) is 5.27. The molecule has 176 valence electrons. The standard InChI is InChI=1S/C27H19FN6OS/c28-24-9-8-23(36-24)17-2-1-3-20-18(17)11-22(31-20)26-25-21(33-34-26)7-6-19(32-25)15-10-16(13-29-12-15)30-27(35)14-4-5-14/h1-3,6-14,31H,4-5H2,(H,30,35)(H,33,34). The lowest BCUT2D eigenvalue weighted by molar-refractivity contribution is -0.117. The molecule has 6 aromatic rings. The molecule has 5 heterocycles. The number of aromatic nitrogens is 5. The van der Waals surface area contributed by atoms with Crippen LogP contribution in [0.4, 0.5) is 10.1 Å². The minimum Gasteiger partial charge on any atom is -0.353 e. The number of rotatable bonds is 5. The van der Waals surface area contributed by atoms with Crippen LogP contribution >= 0.6 is 11.3 Å². The van der Waals surface area contributed by atoms with Gasteiger partial charge in [0.25, 0.3) is 0 Å². The molecule has 1 saturated carbocycles. The molecule has 0 atom stereocenters. The SMILES string of the molecule is O=C(Nc1cncc(-c2ccc3[nH]nc(-c4cc5c(-c6ccc(F)s6)cccc5[nH]4)c3n2)c1)C1CC1. The summed E-state index contributed by atoms with van der Waals surface area (Å²) in [5.74, 6) is 0.158. The zero-order valence-electron chi connectivity index (χ0n) is 18.9. The third-order valence-electron chi connectivity index (χ3n) is 6.42. The number of anilines is 1. The van der Waals surface area contributed by atoms with E-state index < -0.39 is 0 Å². The minimum atomic E-state index is -0.210. The number of fused-ring (bicyclic) bond motifs is 2. The Morgan fingerprint density at radius 1 is 1.06 bits per heavy atom. The molecule has 0 radical (unpaired) electrons. The van der Waals surface area contributed by atoms with Crippen LogP contribution in [0.2, 0.25) is 0 Å². The maximum atomic E-state index is 13.7. The number of amides is 1. The van der Waals surface area contributed by atoms with Crippen LogP contribution in [-0.2, 0) is 4.79 Å². The molecule has 36 heavy (non-hydrogen) atoms. The summed E-state index contributed by atoms with van der Waals surface area (Å²) < 4.78 is 13.7. The fourth-order valence-electron chi connectivity index (χ4n) is 4.44. The first-order valence-corrected chi connectivity index (χ1v) is 12.4. The number of halogens is 1. The van der Waals surface area contributed by atoms with Gasteiger partial charge in [-0.25, -0.2) is 4.98 Å². The number of pyridine rings is 2. The van der Waals surface area contributed by atoms with Crippen molar-refractivity contribution >= 4 is 44.9 Å². The van der Waals surface area contributed by atoms with Crippen molar-refractivity contribution in [3.05, 3.63) is 72.1 Å². The minimum absolute atomic E-state index is 0.0398. The maximum absolute atomic E-state index is 13.7. The zero-order chi connectivity index (χ0) is 24.2. The van der Waals surface area contributed by atoms with E-state index in [0.717, 1.165) is 73.5 Å². The van der Waals surface area contributed by atoms with Crippen molar-refractivity contribution in [2.24, 2.45) is 5.92 Å². The number of nitrogens with one attached hydrogen (secondary N) is 3. The summed E-state index contributed by atoms with van der Waals surface area (Å²) in [5, 5.41) is 11.3. The van der Waals surface area contributed by atoms with Crippen LogP contribution in [0.15, 0.2) is 67.0 Å². The van der Waals surface area contributed by atoms with Crippen molar-refractivity contribution in [3.8, 4) is 33.1 Å². The highest BCUT2D eigenvalue weighted by Gasteiger charge is 2.29. The first-order chi connectivity index (χ1) is 17.6. The molecule has 0 bridgehead atoms. The van der Waals surface area contributed by atoms with Gasteiger partial charge in [-0.1, -0.05) is 12.1 Å². The van der Waals surface area contributed by atoms with Crippen LogP contribution < -0.4 is 5.32 Å². The lowest BCUT2D eigenvalue weighted by atomic mass is 10.1. The molecule has 0 saturated heterocycles. The summed E-state index contributed by atoms with van der Waals surface area (Å²) in [7, 11) is 0. The molecule has 5 aromatic heterocycles. The summed E-state index contributed by atoms with van der Waals surface area (Å²) in [6, 6.07) is 17.0. The van der Waals surface area contributed by atoms with Gasteiger partial charge in [-0.3, -0.25) is 14.9 Å². The molecule has 1 fully saturated rings. The largest absolute Gasteiger partial charge is 0.353 e. The number of hydrogen-bond donors (Lipinski definition) is 3. The molecule has 1 aliphatic rings. The van der Waals surface area contributed by atoms with Gasteiger partial charge in [-0.2, -0.15) is 9.49 Å². The molecular formula is C27H19FN6OS. The molecular weight excluding hydrogens is 475 g/mol. The summed E-state index contributed by atoms with van der Waals surface area (Å²) >= 11 is 1.13. The van der Waals surface area contributed by atoms with Gasteiger partial charge < -0.3 is 10.3 Å². The smallest absolute Gasteiger partial charge is 0.227 e. The molecule has 7 rings (SSSR count). The Bertz CT molecular complexity index is 1780. The van der Waals surface area contributed by atoms with Gasteiger partial charge in [0.1, 0.15) is 11.2 Å². The third-order valence-corrected chi connectivity index (χ3v) is 7.32. The molecule has 0 aliphatic heterocycles. The number of benzene rings is 1. The van der Waals surface area contributed by atoms with E-state index in [4.69, 9.17) is 4.98 Å². The number of H-pyrrole nitrogens is 2. The molecule has 0 spiro atoms. The number of carbonyl (C=O) groups excluding carboxylic acids is 1. The van der Waals surface area contributed by atoms with Crippen LogP contribution in [0.5, 0.6) is 0 Å². The van der Waals surface area contributed by atoms with E-state index in [1.807, 2.05) is 42.5 Å². The lowest BCUT2D eigenvalue weighted by Gasteiger charge is -2.06. The van der Waals surface area contributed by atoms with Crippen molar-refractivity contribution in [2.75, 3.05) is 5.32 Å². The second kappa shape index (κ2) is 8.10. The van der Waals surface area contributed by atoms with Crippen molar-refractivity contribution in [2.45, 2.75) is 12.8 Å². The fourth-order valence-corrected chi connectivity index (χ4v) is 5.21. The highest BCUT2D eigenvalue weighted by atomic mass is 32.1. The average Bonchev–Trinajstić information content (AvgIpc) is 3.30. The van der Waals surface area contributed by atoms with Crippen LogP contribution in [0.3, 0.4) is 0 Å². The fraction of sp³-hybridized carbons (Fsp3) is 0.111. The Morgan fingerprint density at radius 3 is 2.81 bits per heavy atom. The number of thiophene rings is 1. The van der Waals surface area contributed by atoms with Crippen LogP contribution in [0, 0.1) is 11.0 Å². The molecule has 1 amide bonds. The van der Waals surface area contributed by atoms with Crippen LogP contribution in [0.1, 0.15) is 12.8 Å². The quantitative estimate of drug-likeness (QED) is 0.259. The van der Waals surface area contributed by atoms with Gasteiger partial charge in [0.15, 0.2) is 5.13 Å². The second-order valence-electron chi connectivity index (χ2n) is 8.94. The van der Waals surface area contributed by atoms with E-state index in [1.165, 1.54) is 6.07 Å². The number of hydrogen-bond acceptors (Lipinski definition) is 5. The van der Waals surface area contributed by atoms with Crippen molar-refractivity contribution in [1.82, 2.24) is 25.1 Å². The Kier molecular flexibility index (Phi) is 4.71. The van der Waals surface area contributed by atoms with Gasteiger partial charge in [0.05, 0.1) is 28.8 Å². The van der Waals surface area contributed by atoms with E-state index in [9.17, 15) is 9.18 Å².